The Kier molecular flexibility index (Phi) is 4.93. The van der Waals surface area contributed by atoms with Crippen LogP contribution >= 0.6 is 0 Å². The third-order valence-electron chi connectivity index (χ3n) is 4.85. The van der Waals surface area contributed by atoms with Gasteiger partial charge in [0.1, 0.15) is 12.1 Å². The van der Waals surface area contributed by atoms with Crippen molar-refractivity contribution >= 4 is 5.82 Å². The van der Waals surface area contributed by atoms with E-state index >= 15 is 0 Å². The normalized spacial score (nSPS) is 18.7. The van der Waals surface area contributed by atoms with Crippen LogP contribution < -0.4 is 16.6 Å². The maximum atomic E-state index is 12.1. The Morgan fingerprint density at radius 3 is 2.70 bits per heavy atom. The fourth-order valence-corrected chi connectivity index (χ4v) is 3.26. The van der Waals surface area contributed by atoms with Crippen LogP contribution in [0.15, 0.2) is 59.7 Å². The summed E-state index contributed by atoms with van der Waals surface area (Å²) in [5.74, 6) is 1.18. The van der Waals surface area contributed by atoms with Crippen LogP contribution in [-0.2, 0) is 6.54 Å². The van der Waals surface area contributed by atoms with Gasteiger partial charge in [-0.15, -0.1) is 0 Å². The Bertz CT molecular complexity index is 965. The average molecular weight is 362 g/mol. The van der Waals surface area contributed by atoms with E-state index in [9.17, 15) is 4.79 Å². The van der Waals surface area contributed by atoms with E-state index in [2.05, 4.69) is 20.4 Å². The summed E-state index contributed by atoms with van der Waals surface area (Å²) >= 11 is 0. The van der Waals surface area contributed by atoms with Crippen LogP contribution in [0.3, 0.4) is 0 Å². The van der Waals surface area contributed by atoms with E-state index in [4.69, 9.17) is 5.73 Å². The molecular formula is C20H22N6O. The molecule has 27 heavy (non-hydrogen) atoms. The second-order valence-corrected chi connectivity index (χ2v) is 6.83. The molecule has 2 heterocycles. The zero-order valence-corrected chi connectivity index (χ0v) is 15.0. The van der Waals surface area contributed by atoms with E-state index < -0.39 is 0 Å². The quantitative estimate of drug-likeness (QED) is 0.696. The maximum absolute atomic E-state index is 12.1. The number of nitrogens with zero attached hydrogens (tertiary/aromatic N) is 4. The van der Waals surface area contributed by atoms with Gasteiger partial charge in [-0.05, 0) is 18.9 Å². The summed E-state index contributed by atoms with van der Waals surface area (Å²) in [6.07, 6.45) is 3.52. The highest BCUT2D eigenvalue weighted by atomic mass is 16.1. The van der Waals surface area contributed by atoms with E-state index in [-0.39, 0.29) is 11.6 Å². The molecule has 1 fully saturated rings. The molecule has 138 valence electrons. The van der Waals surface area contributed by atoms with E-state index in [1.54, 1.807) is 18.5 Å². The average Bonchev–Trinajstić information content (AvgIpc) is 2.68. The Hall–Kier alpha value is -3.06. The monoisotopic (exact) mass is 362 g/mol. The molecule has 1 saturated carbocycles. The molecule has 7 nitrogen and oxygen atoms in total. The summed E-state index contributed by atoms with van der Waals surface area (Å²) in [7, 11) is 0. The van der Waals surface area contributed by atoms with Crippen LogP contribution in [0, 0.1) is 0 Å². The van der Waals surface area contributed by atoms with Gasteiger partial charge >= 0.3 is 0 Å². The van der Waals surface area contributed by atoms with Gasteiger partial charge in [0, 0.05) is 41.9 Å². The smallest absolute Gasteiger partial charge is 0.266 e. The van der Waals surface area contributed by atoms with Crippen molar-refractivity contribution in [3.8, 4) is 11.3 Å². The van der Waals surface area contributed by atoms with Crippen molar-refractivity contribution in [2.75, 3.05) is 11.9 Å². The van der Waals surface area contributed by atoms with E-state index in [0.29, 0.717) is 19.0 Å². The van der Waals surface area contributed by atoms with Crippen molar-refractivity contribution in [2.45, 2.75) is 31.3 Å². The summed E-state index contributed by atoms with van der Waals surface area (Å²) in [6.45, 7) is 0.999. The van der Waals surface area contributed by atoms with Crippen molar-refractivity contribution in [3.05, 3.63) is 70.9 Å². The number of hydrogen-bond acceptors (Lipinski definition) is 6. The molecule has 0 unspecified atom stereocenters. The predicted octanol–water partition coefficient (Wildman–Crippen LogP) is 2.02. The highest BCUT2D eigenvalue weighted by molar-refractivity contribution is 5.57. The van der Waals surface area contributed by atoms with Crippen LogP contribution in [0.4, 0.5) is 5.82 Å². The summed E-state index contributed by atoms with van der Waals surface area (Å²) in [5.41, 5.74) is 8.52. The fourth-order valence-electron chi connectivity index (χ4n) is 3.26. The van der Waals surface area contributed by atoms with Crippen LogP contribution in [0.25, 0.3) is 11.3 Å². The third kappa shape index (κ3) is 4.03. The van der Waals surface area contributed by atoms with Crippen molar-refractivity contribution in [2.24, 2.45) is 5.73 Å². The second kappa shape index (κ2) is 7.67. The number of aromatic nitrogens is 4. The van der Waals surface area contributed by atoms with E-state index in [1.165, 1.54) is 4.68 Å². The summed E-state index contributed by atoms with van der Waals surface area (Å²) < 4.78 is 1.47. The van der Waals surface area contributed by atoms with Crippen LogP contribution in [0.5, 0.6) is 0 Å². The van der Waals surface area contributed by atoms with Gasteiger partial charge < -0.3 is 11.1 Å². The number of benzene rings is 1. The molecule has 0 bridgehead atoms. The van der Waals surface area contributed by atoms with Gasteiger partial charge in [0.25, 0.3) is 5.56 Å². The molecule has 7 heteroatoms. The lowest BCUT2D eigenvalue weighted by molar-refractivity contribution is 0.345. The van der Waals surface area contributed by atoms with Crippen molar-refractivity contribution in [3.63, 3.8) is 0 Å². The Morgan fingerprint density at radius 1 is 1.11 bits per heavy atom. The molecule has 4 rings (SSSR count). The lowest BCUT2D eigenvalue weighted by Gasteiger charge is -2.31. The van der Waals surface area contributed by atoms with Crippen LogP contribution in [-0.4, -0.2) is 32.3 Å². The number of hydrogen-bond donors (Lipinski definition) is 2. The van der Waals surface area contributed by atoms with Crippen molar-refractivity contribution < 1.29 is 0 Å². The molecule has 0 atom stereocenters. The number of anilines is 1. The Labute approximate surface area is 157 Å². The highest BCUT2D eigenvalue weighted by Crippen LogP contribution is 2.34. The van der Waals surface area contributed by atoms with Crippen molar-refractivity contribution in [1.82, 2.24) is 19.7 Å². The zero-order chi connectivity index (χ0) is 18.6. The maximum Gasteiger partial charge on any atom is 0.266 e. The fraction of sp³-hybridized carbons (Fsp3) is 0.300. The van der Waals surface area contributed by atoms with Gasteiger partial charge in [0.05, 0.1) is 12.2 Å². The molecule has 1 aromatic carbocycles. The lowest BCUT2D eigenvalue weighted by Crippen LogP contribution is -2.35. The van der Waals surface area contributed by atoms with Crippen LogP contribution in [0.2, 0.25) is 0 Å². The molecule has 0 radical (unpaired) electrons. The minimum Gasteiger partial charge on any atom is -0.368 e. The standard InChI is InChI=1S/C20H22N6O/c21-16-10-15(11-16)18-12-19(24-13-23-18)22-8-9-26-20(27)7-6-17(25-26)14-4-2-1-3-5-14/h1-7,12-13,15-16H,8-11,21H2,(H,22,23,24). The molecule has 1 aliphatic rings. The molecule has 0 amide bonds. The number of nitrogens with two attached hydrogens (primary N) is 1. The molecular weight excluding hydrogens is 340 g/mol. The van der Waals surface area contributed by atoms with E-state index in [0.717, 1.165) is 35.6 Å². The van der Waals surface area contributed by atoms with Crippen molar-refractivity contribution in [1.29, 1.82) is 0 Å². The molecule has 0 spiro atoms. The first-order chi connectivity index (χ1) is 13.2. The minimum absolute atomic E-state index is 0.122. The molecule has 1 aliphatic carbocycles. The number of rotatable bonds is 6. The minimum atomic E-state index is -0.122. The van der Waals surface area contributed by atoms with Crippen LogP contribution in [0.1, 0.15) is 24.5 Å². The van der Waals surface area contributed by atoms with E-state index in [1.807, 2.05) is 36.4 Å². The predicted molar refractivity (Wildman–Crippen MR) is 104 cm³/mol. The lowest BCUT2D eigenvalue weighted by atomic mass is 9.79. The molecule has 3 N–H and O–H groups in total. The van der Waals surface area contributed by atoms with Gasteiger partial charge in [-0.25, -0.2) is 14.6 Å². The Balaban J connectivity index is 1.41. The SMILES string of the molecule is NC1CC(c2cc(NCCn3nc(-c4ccccc4)ccc3=O)ncn2)C1. The topological polar surface area (TPSA) is 98.7 Å². The first kappa shape index (κ1) is 17.4. The largest absolute Gasteiger partial charge is 0.368 e. The molecule has 3 aromatic rings. The third-order valence-corrected chi connectivity index (χ3v) is 4.85. The first-order valence-electron chi connectivity index (χ1n) is 9.14. The van der Waals surface area contributed by atoms with Gasteiger partial charge in [0.15, 0.2) is 0 Å². The summed E-state index contributed by atoms with van der Waals surface area (Å²) in [5, 5.41) is 7.72. The molecule has 2 aromatic heterocycles. The van der Waals surface area contributed by atoms with Gasteiger partial charge in [0.2, 0.25) is 0 Å². The number of nitrogens with one attached hydrogen (secondary N) is 1. The molecule has 0 saturated heterocycles. The highest BCUT2D eigenvalue weighted by Gasteiger charge is 2.28. The molecule has 0 aliphatic heterocycles. The van der Waals surface area contributed by atoms with Gasteiger partial charge in [-0.1, -0.05) is 30.3 Å². The second-order valence-electron chi connectivity index (χ2n) is 6.83. The summed E-state index contributed by atoms with van der Waals surface area (Å²) in [4.78, 5) is 20.7. The van der Waals surface area contributed by atoms with Gasteiger partial charge in [-0.2, -0.15) is 5.10 Å². The summed E-state index contributed by atoms with van der Waals surface area (Å²) in [6, 6.07) is 15.4. The zero-order valence-electron chi connectivity index (χ0n) is 15.0. The van der Waals surface area contributed by atoms with Gasteiger partial charge in [-0.3, -0.25) is 4.79 Å². The first-order valence-corrected chi connectivity index (χ1v) is 9.14. The Morgan fingerprint density at radius 2 is 1.93 bits per heavy atom.